The first-order chi connectivity index (χ1) is 12.5. The SMILES string of the molecule is CC(=O)N1CCC[C@@H]1c1cc(N2CC3(CCOCC3)OC2=O)nc(C)n1. The monoisotopic (exact) mass is 360 g/mol. The summed E-state index contributed by atoms with van der Waals surface area (Å²) >= 11 is 0. The Balaban J connectivity index is 1.62. The van der Waals surface area contributed by atoms with Crippen molar-refractivity contribution in [1.29, 1.82) is 0 Å². The van der Waals surface area contributed by atoms with Gasteiger partial charge in [0.1, 0.15) is 17.2 Å². The largest absolute Gasteiger partial charge is 0.440 e. The van der Waals surface area contributed by atoms with Gasteiger partial charge in [-0.05, 0) is 19.8 Å². The molecule has 4 rings (SSSR count). The Hall–Kier alpha value is -2.22. The molecule has 140 valence electrons. The molecule has 26 heavy (non-hydrogen) atoms. The number of hydrogen-bond acceptors (Lipinski definition) is 6. The molecule has 4 heterocycles. The van der Waals surface area contributed by atoms with E-state index < -0.39 is 5.60 Å². The minimum atomic E-state index is -0.479. The molecule has 3 aliphatic rings. The number of nitrogens with zero attached hydrogens (tertiary/aromatic N) is 4. The summed E-state index contributed by atoms with van der Waals surface area (Å²) in [6, 6.07) is 1.78. The third-order valence-electron chi connectivity index (χ3n) is 5.49. The summed E-state index contributed by atoms with van der Waals surface area (Å²) in [5, 5.41) is 0. The van der Waals surface area contributed by atoms with Crippen molar-refractivity contribution in [2.75, 3.05) is 31.2 Å². The summed E-state index contributed by atoms with van der Waals surface area (Å²) in [5.41, 5.74) is 0.313. The van der Waals surface area contributed by atoms with Crippen molar-refractivity contribution in [3.63, 3.8) is 0 Å². The van der Waals surface area contributed by atoms with Crippen LogP contribution in [0.5, 0.6) is 0 Å². The number of carbonyl (C=O) groups excluding carboxylic acids is 2. The lowest BCUT2D eigenvalue weighted by Gasteiger charge is -2.30. The second-order valence-electron chi connectivity index (χ2n) is 7.32. The van der Waals surface area contributed by atoms with E-state index in [0.717, 1.165) is 25.1 Å². The van der Waals surface area contributed by atoms with Crippen LogP contribution in [0.2, 0.25) is 0 Å². The Morgan fingerprint density at radius 2 is 2.08 bits per heavy atom. The lowest BCUT2D eigenvalue weighted by molar-refractivity contribution is -0.129. The molecule has 3 fully saturated rings. The molecule has 1 aromatic rings. The van der Waals surface area contributed by atoms with E-state index in [-0.39, 0.29) is 18.0 Å². The van der Waals surface area contributed by atoms with E-state index in [2.05, 4.69) is 9.97 Å². The summed E-state index contributed by atoms with van der Waals surface area (Å²) in [6.45, 7) is 5.82. The highest BCUT2D eigenvalue weighted by Gasteiger charge is 2.47. The van der Waals surface area contributed by atoms with Crippen LogP contribution >= 0.6 is 0 Å². The highest BCUT2D eigenvalue weighted by Crippen LogP contribution is 2.36. The molecule has 1 atom stereocenters. The predicted octanol–water partition coefficient (Wildman–Crippen LogP) is 1.97. The van der Waals surface area contributed by atoms with Gasteiger partial charge in [0.25, 0.3) is 0 Å². The first kappa shape index (κ1) is 17.2. The molecule has 0 N–H and O–H groups in total. The van der Waals surface area contributed by atoms with Gasteiger partial charge in [-0.25, -0.2) is 14.8 Å². The summed E-state index contributed by atoms with van der Waals surface area (Å²) in [6.07, 6.45) is 2.86. The third kappa shape index (κ3) is 3.02. The van der Waals surface area contributed by atoms with E-state index >= 15 is 0 Å². The van der Waals surface area contributed by atoms with E-state index in [1.165, 1.54) is 0 Å². The number of anilines is 1. The standard InChI is InChI=1S/C18H24N4O4/c1-12-19-14(15-4-3-7-21(15)13(2)23)10-16(20-12)22-11-18(26-17(22)24)5-8-25-9-6-18/h10,15H,3-9,11H2,1-2H3/t15-/m1/s1. The van der Waals surface area contributed by atoms with Crippen molar-refractivity contribution in [2.24, 2.45) is 0 Å². The van der Waals surface area contributed by atoms with Crippen LogP contribution in [0.3, 0.4) is 0 Å². The Kier molecular flexibility index (Phi) is 4.30. The van der Waals surface area contributed by atoms with Gasteiger partial charge in [-0.1, -0.05) is 0 Å². The number of hydrogen-bond donors (Lipinski definition) is 0. The number of ether oxygens (including phenoxy) is 2. The van der Waals surface area contributed by atoms with Gasteiger partial charge in [-0.3, -0.25) is 9.69 Å². The van der Waals surface area contributed by atoms with Crippen LogP contribution in [0.1, 0.15) is 50.2 Å². The predicted molar refractivity (Wildman–Crippen MR) is 92.7 cm³/mol. The van der Waals surface area contributed by atoms with Crippen molar-refractivity contribution in [3.8, 4) is 0 Å². The van der Waals surface area contributed by atoms with E-state index in [1.807, 2.05) is 17.9 Å². The zero-order valence-electron chi connectivity index (χ0n) is 15.2. The van der Waals surface area contributed by atoms with Gasteiger partial charge < -0.3 is 14.4 Å². The van der Waals surface area contributed by atoms with E-state index in [1.54, 1.807) is 11.8 Å². The van der Waals surface area contributed by atoms with E-state index in [0.29, 0.717) is 44.2 Å². The van der Waals surface area contributed by atoms with Crippen LogP contribution in [0, 0.1) is 6.92 Å². The normalized spacial score (nSPS) is 25.0. The second kappa shape index (κ2) is 6.50. The molecule has 0 bridgehead atoms. The van der Waals surface area contributed by atoms with Crippen LogP contribution in [-0.4, -0.2) is 58.8 Å². The number of aromatic nitrogens is 2. The number of likely N-dealkylation sites (tertiary alicyclic amines) is 1. The van der Waals surface area contributed by atoms with E-state index in [4.69, 9.17) is 9.47 Å². The average molecular weight is 360 g/mol. The fourth-order valence-corrected chi connectivity index (χ4v) is 4.14. The first-order valence-electron chi connectivity index (χ1n) is 9.18. The van der Waals surface area contributed by atoms with Gasteiger partial charge in [-0.2, -0.15) is 0 Å². The number of rotatable bonds is 2. The van der Waals surface area contributed by atoms with Crippen LogP contribution in [-0.2, 0) is 14.3 Å². The minimum Gasteiger partial charge on any atom is -0.440 e. The van der Waals surface area contributed by atoms with Crippen LogP contribution in [0.4, 0.5) is 10.6 Å². The van der Waals surface area contributed by atoms with Crippen LogP contribution in [0.25, 0.3) is 0 Å². The van der Waals surface area contributed by atoms with Crippen molar-refractivity contribution in [1.82, 2.24) is 14.9 Å². The number of amides is 2. The lowest BCUT2D eigenvalue weighted by Crippen LogP contribution is -2.40. The maximum Gasteiger partial charge on any atom is 0.416 e. The van der Waals surface area contributed by atoms with Crippen molar-refractivity contribution in [3.05, 3.63) is 17.6 Å². The number of carbonyl (C=O) groups is 2. The molecule has 0 aliphatic carbocycles. The van der Waals surface area contributed by atoms with Gasteiger partial charge in [0.2, 0.25) is 5.91 Å². The summed E-state index contributed by atoms with van der Waals surface area (Å²) in [5.74, 6) is 1.19. The van der Waals surface area contributed by atoms with Crippen LogP contribution < -0.4 is 4.90 Å². The smallest absolute Gasteiger partial charge is 0.416 e. The maximum absolute atomic E-state index is 12.5. The lowest BCUT2D eigenvalue weighted by atomic mass is 9.94. The molecular weight excluding hydrogens is 336 g/mol. The highest BCUT2D eigenvalue weighted by molar-refractivity contribution is 5.89. The fourth-order valence-electron chi connectivity index (χ4n) is 4.14. The average Bonchev–Trinajstić information content (AvgIpc) is 3.20. The highest BCUT2D eigenvalue weighted by atomic mass is 16.6. The third-order valence-corrected chi connectivity index (χ3v) is 5.49. The zero-order chi connectivity index (χ0) is 18.3. The molecule has 3 saturated heterocycles. The van der Waals surface area contributed by atoms with Gasteiger partial charge in [-0.15, -0.1) is 0 Å². The Morgan fingerprint density at radius 1 is 1.31 bits per heavy atom. The Morgan fingerprint density at radius 3 is 2.81 bits per heavy atom. The zero-order valence-corrected chi connectivity index (χ0v) is 15.2. The van der Waals surface area contributed by atoms with Crippen molar-refractivity contribution in [2.45, 2.75) is 51.2 Å². The molecule has 8 heteroatoms. The van der Waals surface area contributed by atoms with Gasteiger partial charge >= 0.3 is 6.09 Å². The molecule has 2 amide bonds. The molecule has 0 aromatic carbocycles. The molecule has 0 unspecified atom stereocenters. The second-order valence-corrected chi connectivity index (χ2v) is 7.32. The van der Waals surface area contributed by atoms with Crippen molar-refractivity contribution < 1.29 is 19.1 Å². The molecule has 1 spiro atoms. The minimum absolute atomic E-state index is 0.0482. The first-order valence-corrected chi connectivity index (χ1v) is 9.18. The molecule has 3 aliphatic heterocycles. The molecule has 8 nitrogen and oxygen atoms in total. The fraction of sp³-hybridized carbons (Fsp3) is 0.667. The van der Waals surface area contributed by atoms with Gasteiger partial charge in [0, 0.05) is 32.4 Å². The summed E-state index contributed by atoms with van der Waals surface area (Å²) in [7, 11) is 0. The molecule has 1 aromatic heterocycles. The molecule has 0 saturated carbocycles. The topological polar surface area (TPSA) is 84.9 Å². The summed E-state index contributed by atoms with van der Waals surface area (Å²) < 4.78 is 11.1. The van der Waals surface area contributed by atoms with E-state index in [9.17, 15) is 9.59 Å². The Labute approximate surface area is 152 Å². The molecular formula is C18H24N4O4. The maximum atomic E-state index is 12.5. The number of aryl methyl sites for hydroxylation is 1. The summed E-state index contributed by atoms with van der Waals surface area (Å²) in [4.78, 5) is 36.8. The van der Waals surface area contributed by atoms with Crippen molar-refractivity contribution >= 4 is 17.8 Å². The van der Waals surface area contributed by atoms with Gasteiger partial charge in [0.15, 0.2) is 0 Å². The Bertz CT molecular complexity index is 732. The van der Waals surface area contributed by atoms with Crippen LogP contribution in [0.15, 0.2) is 6.07 Å². The molecule has 0 radical (unpaired) electrons. The van der Waals surface area contributed by atoms with Gasteiger partial charge in [0.05, 0.1) is 31.5 Å². The quantitative estimate of drug-likeness (QED) is 0.802.